The summed E-state index contributed by atoms with van der Waals surface area (Å²) < 4.78 is 41.9. The van der Waals surface area contributed by atoms with Crippen molar-refractivity contribution in [2.45, 2.75) is 31.5 Å². The highest BCUT2D eigenvalue weighted by molar-refractivity contribution is 14.0. The van der Waals surface area contributed by atoms with Crippen LogP contribution in [-0.4, -0.2) is 70.0 Å². The first kappa shape index (κ1) is 21.7. The molecule has 0 bridgehead atoms. The first-order chi connectivity index (χ1) is 9.90. The van der Waals surface area contributed by atoms with Gasteiger partial charge in [-0.15, -0.1) is 24.0 Å². The van der Waals surface area contributed by atoms with Crippen molar-refractivity contribution in [1.29, 1.82) is 0 Å². The standard InChI is InChI=1S/C13H25F3N4O.HI/c1-17-12(19-9-11-5-3-8-21-11)18-6-4-7-20(2)10-13(14,15)16;/h11H,3-10H2,1-2H3,(H2,17,18,19);1H. The van der Waals surface area contributed by atoms with Crippen molar-refractivity contribution in [1.82, 2.24) is 15.5 Å². The quantitative estimate of drug-likeness (QED) is 0.276. The lowest BCUT2D eigenvalue weighted by molar-refractivity contribution is -0.143. The largest absolute Gasteiger partial charge is 0.401 e. The van der Waals surface area contributed by atoms with Crippen molar-refractivity contribution >= 4 is 29.9 Å². The van der Waals surface area contributed by atoms with Crippen LogP contribution >= 0.6 is 24.0 Å². The van der Waals surface area contributed by atoms with E-state index in [1.807, 2.05) is 0 Å². The highest BCUT2D eigenvalue weighted by Gasteiger charge is 2.28. The first-order valence-corrected chi connectivity index (χ1v) is 7.22. The average Bonchev–Trinajstić information content (AvgIpc) is 2.89. The number of hydrogen-bond donors (Lipinski definition) is 2. The average molecular weight is 438 g/mol. The Labute approximate surface area is 147 Å². The number of aliphatic imine (C=N–C) groups is 1. The summed E-state index contributed by atoms with van der Waals surface area (Å²) in [6.45, 7) is 1.60. The maximum atomic E-state index is 12.1. The van der Waals surface area contributed by atoms with Gasteiger partial charge in [-0.25, -0.2) is 0 Å². The summed E-state index contributed by atoms with van der Waals surface area (Å²) in [5, 5.41) is 6.24. The van der Waals surface area contributed by atoms with Gasteiger partial charge in [0.2, 0.25) is 0 Å². The van der Waals surface area contributed by atoms with E-state index in [-0.39, 0.29) is 30.1 Å². The molecule has 9 heteroatoms. The van der Waals surface area contributed by atoms with Crippen LogP contribution in [0.25, 0.3) is 0 Å². The van der Waals surface area contributed by atoms with Gasteiger partial charge in [-0.3, -0.25) is 9.89 Å². The van der Waals surface area contributed by atoms with E-state index in [2.05, 4.69) is 15.6 Å². The Hall–Kier alpha value is -0.290. The minimum absolute atomic E-state index is 0. The van der Waals surface area contributed by atoms with E-state index >= 15 is 0 Å². The topological polar surface area (TPSA) is 48.9 Å². The van der Waals surface area contributed by atoms with Gasteiger partial charge >= 0.3 is 6.18 Å². The van der Waals surface area contributed by atoms with Crippen molar-refractivity contribution in [2.24, 2.45) is 4.99 Å². The summed E-state index contributed by atoms with van der Waals surface area (Å²) in [6, 6.07) is 0. The number of rotatable bonds is 7. The Bertz CT molecular complexity index is 323. The number of alkyl halides is 3. The number of guanidine groups is 1. The zero-order valence-electron chi connectivity index (χ0n) is 13.1. The van der Waals surface area contributed by atoms with Gasteiger partial charge in [0.05, 0.1) is 12.6 Å². The molecule has 0 saturated carbocycles. The van der Waals surface area contributed by atoms with E-state index in [1.165, 1.54) is 11.9 Å². The Morgan fingerprint density at radius 3 is 2.64 bits per heavy atom. The monoisotopic (exact) mass is 438 g/mol. The normalized spacial score (nSPS) is 19.2. The predicted octanol–water partition coefficient (Wildman–Crippen LogP) is 1.83. The third kappa shape index (κ3) is 10.4. The molecule has 0 radical (unpaired) electrons. The minimum Gasteiger partial charge on any atom is -0.376 e. The molecule has 1 unspecified atom stereocenters. The summed E-state index contributed by atoms with van der Waals surface area (Å²) in [5.41, 5.74) is 0. The van der Waals surface area contributed by atoms with Gasteiger partial charge in [-0.2, -0.15) is 13.2 Å². The van der Waals surface area contributed by atoms with E-state index in [0.29, 0.717) is 32.0 Å². The van der Waals surface area contributed by atoms with Gasteiger partial charge < -0.3 is 15.4 Å². The maximum Gasteiger partial charge on any atom is 0.401 e. The molecule has 1 aliphatic heterocycles. The molecule has 0 spiro atoms. The van der Waals surface area contributed by atoms with Crippen LogP contribution in [0.4, 0.5) is 13.2 Å². The molecule has 0 aromatic rings. The van der Waals surface area contributed by atoms with Crippen LogP contribution in [0.15, 0.2) is 4.99 Å². The smallest absolute Gasteiger partial charge is 0.376 e. The number of nitrogens with one attached hydrogen (secondary N) is 2. The fourth-order valence-electron chi connectivity index (χ4n) is 2.18. The van der Waals surface area contributed by atoms with E-state index in [9.17, 15) is 13.2 Å². The molecule has 0 aliphatic carbocycles. The van der Waals surface area contributed by atoms with Gasteiger partial charge in [0, 0.05) is 26.7 Å². The van der Waals surface area contributed by atoms with Crippen molar-refractivity contribution in [3.63, 3.8) is 0 Å². The third-order valence-electron chi connectivity index (χ3n) is 3.20. The maximum absolute atomic E-state index is 12.1. The van der Waals surface area contributed by atoms with Crippen molar-refractivity contribution in [3.8, 4) is 0 Å². The molecule has 22 heavy (non-hydrogen) atoms. The molecule has 1 aliphatic rings. The van der Waals surface area contributed by atoms with Crippen LogP contribution in [-0.2, 0) is 4.74 Å². The second-order valence-electron chi connectivity index (χ2n) is 5.22. The van der Waals surface area contributed by atoms with Crippen LogP contribution < -0.4 is 10.6 Å². The molecular weight excluding hydrogens is 412 g/mol. The SMILES string of the molecule is CN=C(NCCCN(C)CC(F)(F)F)NCC1CCCO1.I. The summed E-state index contributed by atoms with van der Waals surface area (Å²) in [7, 11) is 3.14. The fraction of sp³-hybridized carbons (Fsp3) is 0.923. The van der Waals surface area contributed by atoms with Gasteiger partial charge in [0.1, 0.15) is 0 Å². The molecule has 1 fully saturated rings. The molecule has 2 N–H and O–H groups in total. The Kier molecular flexibility index (Phi) is 11.1. The lowest BCUT2D eigenvalue weighted by atomic mass is 10.2. The zero-order valence-corrected chi connectivity index (χ0v) is 15.4. The van der Waals surface area contributed by atoms with Crippen molar-refractivity contribution in [3.05, 3.63) is 0 Å². The zero-order chi connectivity index (χ0) is 15.7. The molecule has 5 nitrogen and oxygen atoms in total. The molecule has 1 heterocycles. The number of nitrogens with zero attached hydrogens (tertiary/aromatic N) is 2. The van der Waals surface area contributed by atoms with Crippen molar-refractivity contribution < 1.29 is 17.9 Å². The number of ether oxygens (including phenoxy) is 1. The highest BCUT2D eigenvalue weighted by Crippen LogP contribution is 2.15. The van der Waals surface area contributed by atoms with Crippen LogP contribution in [0.5, 0.6) is 0 Å². The molecule has 1 atom stereocenters. The van der Waals surface area contributed by atoms with E-state index in [4.69, 9.17) is 4.74 Å². The number of hydrogen-bond acceptors (Lipinski definition) is 3. The first-order valence-electron chi connectivity index (χ1n) is 7.22. The Morgan fingerprint density at radius 1 is 1.36 bits per heavy atom. The second-order valence-corrected chi connectivity index (χ2v) is 5.22. The van der Waals surface area contributed by atoms with Gasteiger partial charge in [-0.05, 0) is 32.9 Å². The molecule has 1 rings (SSSR count). The molecule has 0 aromatic carbocycles. The summed E-state index contributed by atoms with van der Waals surface area (Å²) in [6.07, 6.45) is -1.16. The van der Waals surface area contributed by atoms with Gasteiger partial charge in [0.25, 0.3) is 0 Å². The Morgan fingerprint density at radius 2 is 2.09 bits per heavy atom. The summed E-state index contributed by atoms with van der Waals surface area (Å²) in [5.74, 6) is 0.656. The lowest BCUT2D eigenvalue weighted by Gasteiger charge is -2.19. The molecule has 132 valence electrons. The van der Waals surface area contributed by atoms with Crippen molar-refractivity contribution in [2.75, 3.05) is 46.9 Å². The van der Waals surface area contributed by atoms with Crippen LogP contribution in [0, 0.1) is 0 Å². The molecule has 1 saturated heterocycles. The van der Waals surface area contributed by atoms with E-state index < -0.39 is 12.7 Å². The van der Waals surface area contributed by atoms with Crippen LogP contribution in [0.3, 0.4) is 0 Å². The second kappa shape index (κ2) is 11.3. The summed E-state index contributed by atoms with van der Waals surface area (Å²) in [4.78, 5) is 5.34. The van der Waals surface area contributed by atoms with Gasteiger partial charge in [-0.1, -0.05) is 0 Å². The lowest BCUT2D eigenvalue weighted by Crippen LogP contribution is -2.42. The van der Waals surface area contributed by atoms with Crippen LogP contribution in [0.1, 0.15) is 19.3 Å². The van der Waals surface area contributed by atoms with E-state index in [1.54, 1.807) is 7.05 Å². The van der Waals surface area contributed by atoms with E-state index in [0.717, 1.165) is 19.4 Å². The molecule has 0 amide bonds. The minimum atomic E-state index is -4.14. The predicted molar refractivity (Wildman–Crippen MR) is 91.9 cm³/mol. The fourth-order valence-corrected chi connectivity index (χ4v) is 2.18. The van der Waals surface area contributed by atoms with Gasteiger partial charge in [0.15, 0.2) is 5.96 Å². The summed E-state index contributed by atoms with van der Waals surface area (Å²) >= 11 is 0. The van der Waals surface area contributed by atoms with Crippen LogP contribution in [0.2, 0.25) is 0 Å². The molecule has 0 aromatic heterocycles. The Balaban J connectivity index is 0.00000441. The number of halogens is 4. The molecular formula is C13H26F3IN4O. The highest BCUT2D eigenvalue weighted by atomic mass is 127. The third-order valence-corrected chi connectivity index (χ3v) is 3.20.